The highest BCUT2D eigenvalue weighted by atomic mass is 32.1. The molecule has 2 rings (SSSR count). The summed E-state index contributed by atoms with van der Waals surface area (Å²) in [5.74, 6) is -0.473. The fourth-order valence-corrected chi connectivity index (χ4v) is 2.63. The smallest absolute Gasteiger partial charge is 0.171 e. The van der Waals surface area contributed by atoms with E-state index in [1.807, 2.05) is 6.07 Å². The molecule has 0 aliphatic carbocycles. The maximum absolute atomic E-state index is 13.1. The van der Waals surface area contributed by atoms with Gasteiger partial charge < -0.3 is 0 Å². The van der Waals surface area contributed by atoms with Crippen molar-refractivity contribution in [1.82, 2.24) is 4.98 Å². The number of hydrogen-bond donors (Lipinski definition) is 0. The summed E-state index contributed by atoms with van der Waals surface area (Å²) in [6.45, 7) is 6.59. The van der Waals surface area contributed by atoms with E-state index in [4.69, 9.17) is 0 Å². The van der Waals surface area contributed by atoms with Crippen LogP contribution in [0.15, 0.2) is 30.8 Å². The molecule has 1 heterocycles. The SMILES string of the molecule is C=C(F)c1cccc(-c2nc(C)c(C(C)=O)s2)c1. The molecule has 18 heavy (non-hydrogen) atoms. The number of carbonyl (C=O) groups excluding carboxylic acids is 1. The quantitative estimate of drug-likeness (QED) is 0.773. The van der Waals surface area contributed by atoms with Gasteiger partial charge in [-0.25, -0.2) is 9.37 Å². The maximum Gasteiger partial charge on any atom is 0.171 e. The molecule has 1 aromatic heterocycles. The summed E-state index contributed by atoms with van der Waals surface area (Å²) in [6, 6.07) is 6.93. The molecule has 0 aliphatic rings. The number of nitrogens with zero attached hydrogens (tertiary/aromatic N) is 1. The number of thiazole rings is 1. The number of benzene rings is 1. The fourth-order valence-electron chi connectivity index (χ4n) is 1.67. The Hall–Kier alpha value is -1.81. The van der Waals surface area contributed by atoms with Gasteiger partial charge in [-0.2, -0.15) is 0 Å². The molecule has 1 aromatic carbocycles. The molecular formula is C14H12FNOS. The molecule has 92 valence electrons. The Bertz CT molecular complexity index is 630. The third-order valence-electron chi connectivity index (χ3n) is 2.54. The molecule has 0 radical (unpaired) electrons. The van der Waals surface area contributed by atoms with E-state index in [9.17, 15) is 9.18 Å². The van der Waals surface area contributed by atoms with Gasteiger partial charge >= 0.3 is 0 Å². The first-order valence-corrected chi connectivity index (χ1v) is 6.24. The van der Waals surface area contributed by atoms with Gasteiger partial charge in [-0.1, -0.05) is 24.8 Å². The van der Waals surface area contributed by atoms with Crippen LogP contribution in [-0.2, 0) is 0 Å². The van der Waals surface area contributed by atoms with E-state index in [2.05, 4.69) is 11.6 Å². The topological polar surface area (TPSA) is 30.0 Å². The van der Waals surface area contributed by atoms with Crippen molar-refractivity contribution >= 4 is 22.9 Å². The summed E-state index contributed by atoms with van der Waals surface area (Å²) in [5, 5.41) is 0.723. The number of carbonyl (C=O) groups is 1. The van der Waals surface area contributed by atoms with Gasteiger partial charge in [0.15, 0.2) is 5.78 Å². The lowest BCUT2D eigenvalue weighted by atomic mass is 10.1. The Balaban J connectivity index is 2.49. The van der Waals surface area contributed by atoms with Crippen LogP contribution in [0.5, 0.6) is 0 Å². The standard InChI is InChI=1S/C14H12FNOS/c1-8(15)11-5-4-6-12(7-11)14-16-9(2)13(18-14)10(3)17/h4-7H,1H2,2-3H3. The van der Waals surface area contributed by atoms with Crippen LogP contribution in [-0.4, -0.2) is 10.8 Å². The molecule has 0 atom stereocenters. The minimum atomic E-state index is -0.475. The third kappa shape index (κ3) is 2.38. The predicted molar refractivity (Wildman–Crippen MR) is 72.4 cm³/mol. The molecule has 0 N–H and O–H groups in total. The number of rotatable bonds is 3. The Morgan fingerprint density at radius 3 is 2.72 bits per heavy atom. The normalized spacial score (nSPS) is 10.4. The highest BCUT2D eigenvalue weighted by molar-refractivity contribution is 7.17. The van der Waals surface area contributed by atoms with Gasteiger partial charge in [0.1, 0.15) is 10.8 Å². The van der Waals surface area contributed by atoms with Crippen molar-refractivity contribution in [3.8, 4) is 10.6 Å². The molecule has 0 bridgehead atoms. The molecule has 0 saturated heterocycles. The zero-order valence-corrected chi connectivity index (χ0v) is 11.0. The minimum absolute atomic E-state index is 0.00214. The molecule has 4 heteroatoms. The minimum Gasteiger partial charge on any atom is -0.294 e. The molecule has 0 aliphatic heterocycles. The maximum atomic E-state index is 13.1. The van der Waals surface area contributed by atoms with Crippen molar-refractivity contribution in [3.63, 3.8) is 0 Å². The van der Waals surface area contributed by atoms with Crippen molar-refractivity contribution in [2.45, 2.75) is 13.8 Å². The Morgan fingerprint density at radius 2 is 2.17 bits per heavy atom. The van der Waals surface area contributed by atoms with Crippen LogP contribution in [0.25, 0.3) is 16.4 Å². The van der Waals surface area contributed by atoms with Crippen LogP contribution in [0.3, 0.4) is 0 Å². The molecule has 0 saturated carbocycles. The molecule has 0 spiro atoms. The van der Waals surface area contributed by atoms with Gasteiger partial charge in [-0.05, 0) is 13.0 Å². The van der Waals surface area contributed by atoms with E-state index in [0.717, 1.165) is 10.6 Å². The Labute approximate surface area is 109 Å². The van der Waals surface area contributed by atoms with Gasteiger partial charge in [0.05, 0.1) is 10.6 Å². The zero-order chi connectivity index (χ0) is 13.3. The van der Waals surface area contributed by atoms with Gasteiger partial charge in [-0.3, -0.25) is 4.79 Å². The number of hydrogen-bond acceptors (Lipinski definition) is 3. The molecule has 2 aromatic rings. The number of ketones is 1. The van der Waals surface area contributed by atoms with Crippen molar-refractivity contribution in [2.75, 3.05) is 0 Å². The van der Waals surface area contributed by atoms with Crippen LogP contribution >= 0.6 is 11.3 Å². The predicted octanol–water partition coefficient (Wildman–Crippen LogP) is 4.26. The second-order valence-corrected chi connectivity index (χ2v) is 4.97. The highest BCUT2D eigenvalue weighted by Crippen LogP contribution is 2.29. The van der Waals surface area contributed by atoms with Crippen molar-refractivity contribution < 1.29 is 9.18 Å². The lowest BCUT2D eigenvalue weighted by molar-refractivity contribution is 0.102. The van der Waals surface area contributed by atoms with Crippen molar-refractivity contribution in [2.24, 2.45) is 0 Å². The fraction of sp³-hybridized carbons (Fsp3) is 0.143. The van der Waals surface area contributed by atoms with Crippen LogP contribution < -0.4 is 0 Å². The second kappa shape index (κ2) is 4.82. The summed E-state index contributed by atoms with van der Waals surface area (Å²) in [7, 11) is 0. The Morgan fingerprint density at radius 1 is 1.44 bits per heavy atom. The average molecular weight is 261 g/mol. The van der Waals surface area contributed by atoms with E-state index in [0.29, 0.717) is 16.1 Å². The first-order chi connectivity index (χ1) is 8.49. The molecule has 0 amide bonds. The average Bonchev–Trinajstić information content (AvgIpc) is 2.71. The monoisotopic (exact) mass is 261 g/mol. The lowest BCUT2D eigenvalue weighted by Gasteiger charge is -1.99. The third-order valence-corrected chi connectivity index (χ3v) is 3.85. The van der Waals surface area contributed by atoms with Crippen molar-refractivity contribution in [1.29, 1.82) is 0 Å². The molecule has 0 unspecified atom stereocenters. The number of halogens is 1. The van der Waals surface area contributed by atoms with E-state index in [-0.39, 0.29) is 5.78 Å². The highest BCUT2D eigenvalue weighted by Gasteiger charge is 2.13. The van der Waals surface area contributed by atoms with Crippen LogP contribution in [0.1, 0.15) is 27.9 Å². The molecular weight excluding hydrogens is 249 g/mol. The number of Topliss-reactive ketones (excluding diaryl/α,β-unsaturated/α-hetero) is 1. The molecule has 0 fully saturated rings. The van der Waals surface area contributed by atoms with E-state index in [1.165, 1.54) is 18.3 Å². The van der Waals surface area contributed by atoms with Gasteiger partial charge in [-0.15, -0.1) is 11.3 Å². The number of aryl methyl sites for hydroxylation is 1. The molecule has 2 nitrogen and oxygen atoms in total. The second-order valence-electron chi connectivity index (χ2n) is 3.98. The lowest BCUT2D eigenvalue weighted by Crippen LogP contribution is -1.89. The largest absolute Gasteiger partial charge is 0.294 e. The summed E-state index contributed by atoms with van der Waals surface area (Å²) < 4.78 is 13.1. The van der Waals surface area contributed by atoms with Crippen molar-refractivity contribution in [3.05, 3.63) is 47.0 Å². The summed E-state index contributed by atoms with van der Waals surface area (Å²) in [4.78, 5) is 16.4. The van der Waals surface area contributed by atoms with E-state index >= 15 is 0 Å². The van der Waals surface area contributed by atoms with Crippen LogP contribution in [0.4, 0.5) is 4.39 Å². The first kappa shape index (κ1) is 12.6. The Kier molecular flexibility index (Phi) is 3.39. The van der Waals surface area contributed by atoms with E-state index in [1.54, 1.807) is 25.1 Å². The zero-order valence-electron chi connectivity index (χ0n) is 10.2. The van der Waals surface area contributed by atoms with E-state index < -0.39 is 5.83 Å². The summed E-state index contributed by atoms with van der Waals surface area (Å²) in [5.41, 5.74) is 1.95. The number of aromatic nitrogens is 1. The van der Waals surface area contributed by atoms with Gasteiger partial charge in [0.2, 0.25) is 0 Å². The summed E-state index contributed by atoms with van der Waals surface area (Å²) in [6.07, 6.45) is 0. The van der Waals surface area contributed by atoms with Gasteiger partial charge in [0, 0.05) is 18.1 Å². The first-order valence-electron chi connectivity index (χ1n) is 5.42. The van der Waals surface area contributed by atoms with Crippen LogP contribution in [0.2, 0.25) is 0 Å². The van der Waals surface area contributed by atoms with Gasteiger partial charge in [0.25, 0.3) is 0 Å². The summed E-state index contributed by atoms with van der Waals surface area (Å²) >= 11 is 1.33. The van der Waals surface area contributed by atoms with Crippen LogP contribution in [0, 0.1) is 6.92 Å².